The van der Waals surface area contributed by atoms with Crippen LogP contribution in [0.15, 0.2) is 47.8 Å². The highest BCUT2D eigenvalue weighted by atomic mass is 32.1. The molecule has 0 radical (unpaired) electrons. The number of carbonyl (C=O) groups is 1. The summed E-state index contributed by atoms with van der Waals surface area (Å²) in [6.07, 6.45) is 0. The molecule has 0 spiro atoms. The number of aromatic nitrogens is 1. The Morgan fingerprint density at radius 2 is 1.81 bits per heavy atom. The largest absolute Gasteiger partial charge is 0.486 e. The maximum absolute atomic E-state index is 12.9. The fraction of sp³-hybridized carbons (Fsp3) is 0.111. The number of nitrogens with zero attached hydrogens (tertiary/aromatic N) is 1. The number of thiazole rings is 1. The first-order valence-electron chi connectivity index (χ1n) is 7.86. The van der Waals surface area contributed by atoms with E-state index in [-0.39, 0.29) is 5.82 Å². The quantitative estimate of drug-likeness (QED) is 0.717. The predicted molar refractivity (Wildman–Crippen MR) is 97.6 cm³/mol. The van der Waals surface area contributed by atoms with Gasteiger partial charge in [0.2, 0.25) is 0 Å². The summed E-state index contributed by atoms with van der Waals surface area (Å²) in [6.45, 7) is 1.06. The number of anilines is 2. The highest BCUT2D eigenvalue weighted by Gasteiger charge is 2.14. The lowest BCUT2D eigenvalue weighted by Gasteiger charge is -2.18. The Balaban J connectivity index is 1.44. The van der Waals surface area contributed by atoms with E-state index in [1.807, 2.05) is 23.6 Å². The zero-order chi connectivity index (χ0) is 17.9. The summed E-state index contributed by atoms with van der Waals surface area (Å²) < 4.78 is 24.0. The number of nitrogens with one attached hydrogen (secondary N) is 2. The van der Waals surface area contributed by atoms with E-state index in [1.165, 1.54) is 35.6 Å². The van der Waals surface area contributed by atoms with E-state index in [2.05, 4.69) is 15.6 Å². The van der Waals surface area contributed by atoms with Crippen LogP contribution in [0.3, 0.4) is 0 Å². The Morgan fingerprint density at radius 3 is 2.62 bits per heavy atom. The minimum atomic E-state index is -0.445. The van der Waals surface area contributed by atoms with Gasteiger partial charge >= 0.3 is 6.03 Å². The smallest absolute Gasteiger partial charge is 0.325 e. The van der Waals surface area contributed by atoms with Gasteiger partial charge in [-0.05, 0) is 42.5 Å². The lowest BCUT2D eigenvalue weighted by atomic mass is 10.1. The van der Waals surface area contributed by atoms with Crippen molar-refractivity contribution < 1.29 is 18.7 Å². The van der Waals surface area contributed by atoms with Crippen molar-refractivity contribution in [2.75, 3.05) is 23.8 Å². The molecule has 0 aliphatic carbocycles. The van der Waals surface area contributed by atoms with Crippen molar-refractivity contribution >= 4 is 28.2 Å². The second-order valence-corrected chi connectivity index (χ2v) is 6.34. The molecule has 0 saturated carbocycles. The Kier molecular flexibility index (Phi) is 4.40. The van der Waals surface area contributed by atoms with Crippen LogP contribution in [0.2, 0.25) is 0 Å². The summed E-state index contributed by atoms with van der Waals surface area (Å²) in [5.74, 6) is 1.04. The van der Waals surface area contributed by atoms with E-state index in [9.17, 15) is 9.18 Å². The van der Waals surface area contributed by atoms with Gasteiger partial charge in [0.1, 0.15) is 19.0 Å². The lowest BCUT2D eigenvalue weighted by Crippen LogP contribution is -2.19. The van der Waals surface area contributed by atoms with Crippen molar-refractivity contribution in [3.63, 3.8) is 0 Å². The maximum atomic E-state index is 12.9. The second kappa shape index (κ2) is 7.01. The van der Waals surface area contributed by atoms with Gasteiger partial charge in [-0.15, -0.1) is 11.3 Å². The van der Waals surface area contributed by atoms with Crippen LogP contribution in [-0.2, 0) is 0 Å². The van der Waals surface area contributed by atoms with E-state index >= 15 is 0 Å². The topological polar surface area (TPSA) is 72.5 Å². The van der Waals surface area contributed by atoms with Crippen molar-refractivity contribution in [2.45, 2.75) is 0 Å². The molecule has 132 valence electrons. The fourth-order valence-electron chi connectivity index (χ4n) is 2.46. The maximum Gasteiger partial charge on any atom is 0.325 e. The summed E-state index contributed by atoms with van der Waals surface area (Å²) in [5, 5.41) is 7.59. The molecule has 26 heavy (non-hydrogen) atoms. The van der Waals surface area contributed by atoms with Crippen LogP contribution in [0.1, 0.15) is 0 Å². The molecular formula is C18H14FN3O3S. The molecule has 0 fully saturated rings. The number of carbonyl (C=O) groups excluding carboxylic acids is 1. The van der Waals surface area contributed by atoms with Gasteiger partial charge in [0.25, 0.3) is 0 Å². The summed E-state index contributed by atoms with van der Waals surface area (Å²) in [4.78, 5) is 16.4. The third-order valence-corrected chi connectivity index (χ3v) is 4.42. The SMILES string of the molecule is O=C(Nc1ccc(F)cc1)Nc1nc(-c2ccc3c(c2)OCCO3)cs1. The Bertz CT molecular complexity index is 943. The van der Waals surface area contributed by atoms with E-state index < -0.39 is 6.03 Å². The normalized spacial score (nSPS) is 12.5. The molecule has 4 rings (SSSR count). The molecule has 2 aromatic carbocycles. The average molecular weight is 371 g/mol. The molecule has 2 amide bonds. The van der Waals surface area contributed by atoms with E-state index in [4.69, 9.17) is 9.47 Å². The molecule has 2 heterocycles. The minimum absolute atomic E-state index is 0.361. The van der Waals surface area contributed by atoms with E-state index in [0.717, 1.165) is 11.3 Å². The van der Waals surface area contributed by atoms with Crippen molar-refractivity contribution in [2.24, 2.45) is 0 Å². The van der Waals surface area contributed by atoms with Crippen molar-refractivity contribution in [3.05, 3.63) is 53.7 Å². The van der Waals surface area contributed by atoms with Gasteiger partial charge in [-0.1, -0.05) is 0 Å². The molecule has 0 saturated heterocycles. The Hall–Kier alpha value is -3.13. The molecular weight excluding hydrogens is 357 g/mol. The second-order valence-electron chi connectivity index (χ2n) is 5.48. The standard InChI is InChI=1S/C18H14FN3O3S/c19-12-2-4-13(5-3-12)20-17(23)22-18-21-14(10-26-18)11-1-6-15-16(9-11)25-8-7-24-15/h1-6,9-10H,7-8H2,(H2,20,21,22,23). The molecule has 1 aromatic heterocycles. The van der Waals surface area contributed by atoms with Gasteiger partial charge < -0.3 is 14.8 Å². The van der Waals surface area contributed by atoms with Gasteiger partial charge in [0.05, 0.1) is 5.69 Å². The van der Waals surface area contributed by atoms with Gasteiger partial charge in [-0.25, -0.2) is 14.2 Å². The number of amides is 2. The van der Waals surface area contributed by atoms with Crippen LogP contribution in [0.4, 0.5) is 20.0 Å². The molecule has 1 aliphatic rings. The molecule has 3 aromatic rings. The number of halogens is 1. The first kappa shape index (κ1) is 16.3. The molecule has 6 nitrogen and oxygen atoms in total. The number of urea groups is 1. The monoisotopic (exact) mass is 371 g/mol. The molecule has 0 unspecified atom stereocenters. The number of fused-ring (bicyclic) bond motifs is 1. The van der Waals surface area contributed by atoms with Crippen LogP contribution >= 0.6 is 11.3 Å². The molecule has 2 N–H and O–H groups in total. The third-order valence-electron chi connectivity index (χ3n) is 3.66. The Labute approximate surface area is 152 Å². The number of hydrogen-bond acceptors (Lipinski definition) is 5. The van der Waals surface area contributed by atoms with Gasteiger partial charge in [-0.2, -0.15) is 0 Å². The Morgan fingerprint density at radius 1 is 1.04 bits per heavy atom. The zero-order valence-corrected chi connectivity index (χ0v) is 14.3. The first-order valence-corrected chi connectivity index (χ1v) is 8.74. The van der Waals surface area contributed by atoms with Crippen LogP contribution in [0.5, 0.6) is 11.5 Å². The fourth-order valence-corrected chi connectivity index (χ4v) is 3.17. The lowest BCUT2D eigenvalue weighted by molar-refractivity contribution is 0.171. The highest BCUT2D eigenvalue weighted by Crippen LogP contribution is 2.35. The summed E-state index contributed by atoms with van der Waals surface area (Å²) in [7, 11) is 0. The predicted octanol–water partition coefficient (Wildman–Crippen LogP) is 4.36. The summed E-state index contributed by atoms with van der Waals surface area (Å²) >= 11 is 1.31. The molecule has 0 bridgehead atoms. The van der Waals surface area contributed by atoms with Crippen LogP contribution in [-0.4, -0.2) is 24.2 Å². The highest BCUT2D eigenvalue weighted by molar-refractivity contribution is 7.14. The number of ether oxygens (including phenoxy) is 2. The number of hydrogen-bond donors (Lipinski definition) is 2. The number of rotatable bonds is 3. The van der Waals surface area contributed by atoms with Gasteiger partial charge in [-0.3, -0.25) is 5.32 Å². The van der Waals surface area contributed by atoms with E-state index in [1.54, 1.807) is 0 Å². The zero-order valence-electron chi connectivity index (χ0n) is 13.5. The molecule has 8 heteroatoms. The average Bonchev–Trinajstić information content (AvgIpc) is 3.11. The third kappa shape index (κ3) is 3.60. The van der Waals surface area contributed by atoms with Crippen LogP contribution < -0.4 is 20.1 Å². The molecule has 0 atom stereocenters. The first-order chi connectivity index (χ1) is 12.7. The minimum Gasteiger partial charge on any atom is -0.486 e. The van der Waals surface area contributed by atoms with Crippen molar-refractivity contribution in [1.29, 1.82) is 0 Å². The van der Waals surface area contributed by atoms with Crippen LogP contribution in [0.25, 0.3) is 11.3 Å². The van der Waals surface area contributed by atoms with Crippen molar-refractivity contribution in [3.8, 4) is 22.8 Å². The summed E-state index contributed by atoms with van der Waals surface area (Å²) in [5.41, 5.74) is 2.09. The van der Waals surface area contributed by atoms with Crippen molar-refractivity contribution in [1.82, 2.24) is 4.98 Å². The van der Waals surface area contributed by atoms with Gasteiger partial charge in [0.15, 0.2) is 16.6 Å². The summed E-state index contributed by atoms with van der Waals surface area (Å²) in [6, 6.07) is 10.7. The number of benzene rings is 2. The molecule has 1 aliphatic heterocycles. The van der Waals surface area contributed by atoms with Crippen LogP contribution in [0, 0.1) is 5.82 Å². The van der Waals surface area contributed by atoms with E-state index in [0.29, 0.717) is 35.5 Å². The van der Waals surface area contributed by atoms with Gasteiger partial charge in [0, 0.05) is 16.6 Å².